The molecule has 3 heterocycles. The van der Waals surface area contributed by atoms with Gasteiger partial charge in [0.25, 0.3) is 0 Å². The molecule has 1 saturated carbocycles. The van der Waals surface area contributed by atoms with Crippen molar-refractivity contribution < 1.29 is 13.2 Å². The number of hydrogen-bond acceptors (Lipinski definition) is 5. The quantitative estimate of drug-likeness (QED) is 0.390. The van der Waals surface area contributed by atoms with E-state index in [0.717, 1.165) is 55.4 Å². The molecule has 1 N–H and O–H groups in total. The Balaban J connectivity index is 1.13. The molecule has 1 aliphatic carbocycles. The maximum atomic E-state index is 13.4. The minimum atomic E-state index is -4.30. The Hall–Kier alpha value is -2.59. The van der Waals surface area contributed by atoms with Crippen molar-refractivity contribution in [3.63, 3.8) is 0 Å². The van der Waals surface area contributed by atoms with Crippen molar-refractivity contribution in [1.29, 1.82) is 0 Å². The van der Waals surface area contributed by atoms with E-state index in [-0.39, 0.29) is 16.9 Å². The van der Waals surface area contributed by atoms with Gasteiger partial charge in [-0.3, -0.25) is 4.79 Å². The van der Waals surface area contributed by atoms with Gasteiger partial charge in [-0.2, -0.15) is 13.2 Å². The molecule has 1 saturated heterocycles. The molecule has 180 valence electrons. The van der Waals surface area contributed by atoms with Crippen LogP contribution in [0.2, 0.25) is 0 Å². The van der Waals surface area contributed by atoms with Gasteiger partial charge >= 0.3 is 6.18 Å². The zero-order chi connectivity index (χ0) is 23.9. The number of halogens is 3. The van der Waals surface area contributed by atoms with Crippen LogP contribution in [0.15, 0.2) is 52.5 Å². The van der Waals surface area contributed by atoms with E-state index in [0.29, 0.717) is 11.4 Å². The Morgan fingerprint density at radius 3 is 2.85 bits per heavy atom. The zero-order valence-electron chi connectivity index (χ0n) is 18.8. The maximum absolute atomic E-state index is 13.4. The minimum absolute atomic E-state index is 0.000516. The molecular weight excluding hydrogens is 463 g/mol. The average molecular weight is 490 g/mol. The van der Waals surface area contributed by atoms with Crippen LogP contribution in [0.5, 0.6) is 0 Å². The van der Waals surface area contributed by atoms with E-state index in [1.54, 1.807) is 36.2 Å². The standard InChI is InChI=1S/C24H26F3N5OS/c1-31-21(16-7-9-28-20(33)13-16)29-30-22(31)34-12-4-10-32-11-8-23(15-32)14-19(23)17-5-2-3-6-18(17)24(25,26)27/h2-3,5-7,9,13,19H,4,8,10-12,14-15H2,1H3,(H,28,33)/t19-,23-/m1/s1. The molecule has 2 aliphatic rings. The Labute approximate surface area is 199 Å². The summed E-state index contributed by atoms with van der Waals surface area (Å²) in [5, 5.41) is 9.27. The average Bonchev–Trinajstić information content (AvgIpc) is 3.14. The van der Waals surface area contributed by atoms with Crippen LogP contribution in [0.4, 0.5) is 13.2 Å². The summed E-state index contributed by atoms with van der Waals surface area (Å²) in [7, 11) is 1.88. The Morgan fingerprint density at radius 1 is 1.24 bits per heavy atom. The fraction of sp³-hybridized carbons (Fsp3) is 0.458. The highest BCUT2D eigenvalue weighted by molar-refractivity contribution is 7.99. The van der Waals surface area contributed by atoms with E-state index < -0.39 is 11.7 Å². The molecule has 34 heavy (non-hydrogen) atoms. The van der Waals surface area contributed by atoms with Crippen molar-refractivity contribution >= 4 is 11.8 Å². The first kappa shape index (κ1) is 23.2. The van der Waals surface area contributed by atoms with Gasteiger partial charge in [-0.1, -0.05) is 30.0 Å². The molecule has 2 fully saturated rings. The first-order valence-corrected chi connectivity index (χ1v) is 12.4. The molecule has 2 atom stereocenters. The number of aromatic nitrogens is 4. The largest absolute Gasteiger partial charge is 0.416 e. The van der Waals surface area contributed by atoms with Crippen molar-refractivity contribution in [2.24, 2.45) is 12.5 Å². The van der Waals surface area contributed by atoms with Crippen molar-refractivity contribution in [2.75, 3.05) is 25.4 Å². The predicted molar refractivity (Wildman–Crippen MR) is 125 cm³/mol. The molecule has 1 spiro atoms. The number of H-pyrrole nitrogens is 1. The number of rotatable bonds is 7. The van der Waals surface area contributed by atoms with Gasteiger partial charge in [-0.25, -0.2) is 0 Å². The number of pyridine rings is 1. The highest BCUT2D eigenvalue weighted by atomic mass is 32.2. The van der Waals surface area contributed by atoms with Gasteiger partial charge in [0.15, 0.2) is 11.0 Å². The zero-order valence-corrected chi connectivity index (χ0v) is 19.6. The van der Waals surface area contributed by atoms with Gasteiger partial charge in [0.05, 0.1) is 5.56 Å². The number of thioether (sulfide) groups is 1. The lowest BCUT2D eigenvalue weighted by atomic mass is 9.95. The molecule has 0 bridgehead atoms. The van der Waals surface area contributed by atoms with E-state index >= 15 is 0 Å². The highest BCUT2D eigenvalue weighted by Gasteiger charge is 2.59. The van der Waals surface area contributed by atoms with E-state index in [1.165, 1.54) is 18.2 Å². The summed E-state index contributed by atoms with van der Waals surface area (Å²) in [6.07, 6.45) is 0.0485. The summed E-state index contributed by atoms with van der Waals surface area (Å²) >= 11 is 1.62. The second-order valence-electron chi connectivity index (χ2n) is 9.24. The number of benzene rings is 1. The number of hydrogen-bond donors (Lipinski definition) is 1. The SMILES string of the molecule is Cn1c(SCCCN2CC[C@@]3(C[C@@H]3c3ccccc3C(F)(F)F)C2)nnc1-c1cc[nH]c(=O)c1. The first-order chi connectivity index (χ1) is 16.3. The van der Waals surface area contributed by atoms with Crippen molar-refractivity contribution in [3.8, 4) is 11.4 Å². The molecule has 0 radical (unpaired) electrons. The van der Waals surface area contributed by atoms with Gasteiger partial charge in [-0.15, -0.1) is 10.2 Å². The molecule has 2 aromatic heterocycles. The second-order valence-corrected chi connectivity index (χ2v) is 10.3. The number of alkyl halides is 3. The lowest BCUT2D eigenvalue weighted by Crippen LogP contribution is -2.23. The third-order valence-corrected chi connectivity index (χ3v) is 8.12. The van der Waals surface area contributed by atoms with E-state index in [1.807, 2.05) is 11.6 Å². The molecule has 6 nitrogen and oxygen atoms in total. The Morgan fingerprint density at radius 2 is 2.06 bits per heavy atom. The Kier molecular flexibility index (Phi) is 6.05. The third-order valence-electron chi connectivity index (χ3n) is 7.01. The fourth-order valence-electron chi connectivity index (χ4n) is 5.20. The Bertz CT molecular complexity index is 1240. The van der Waals surface area contributed by atoms with Crippen molar-refractivity contribution in [2.45, 2.75) is 36.5 Å². The number of nitrogens with zero attached hydrogens (tertiary/aromatic N) is 4. The van der Waals surface area contributed by atoms with Crippen LogP contribution in [-0.2, 0) is 13.2 Å². The lowest BCUT2D eigenvalue weighted by molar-refractivity contribution is -0.138. The lowest BCUT2D eigenvalue weighted by Gasteiger charge is -2.17. The highest BCUT2D eigenvalue weighted by Crippen LogP contribution is 2.65. The summed E-state index contributed by atoms with van der Waals surface area (Å²) in [5.41, 5.74) is 0.526. The van der Waals surface area contributed by atoms with Gasteiger partial charge < -0.3 is 14.5 Å². The summed E-state index contributed by atoms with van der Waals surface area (Å²) in [4.78, 5) is 16.5. The van der Waals surface area contributed by atoms with Crippen LogP contribution in [0.3, 0.4) is 0 Å². The van der Waals surface area contributed by atoms with Crippen LogP contribution in [0.1, 0.15) is 36.3 Å². The number of nitrogens with one attached hydrogen (secondary N) is 1. The van der Waals surface area contributed by atoms with E-state index in [2.05, 4.69) is 20.1 Å². The van der Waals surface area contributed by atoms with E-state index in [4.69, 9.17) is 0 Å². The second kappa shape index (κ2) is 8.88. The molecular formula is C24H26F3N5OS. The number of aromatic amines is 1. The number of likely N-dealkylation sites (tertiary alicyclic amines) is 1. The van der Waals surface area contributed by atoms with Crippen LogP contribution in [0, 0.1) is 5.41 Å². The third kappa shape index (κ3) is 4.53. The normalized spacial score (nSPS) is 22.5. The molecule has 1 aliphatic heterocycles. The molecule has 1 aromatic carbocycles. The topological polar surface area (TPSA) is 66.8 Å². The van der Waals surface area contributed by atoms with Crippen molar-refractivity contribution in [1.82, 2.24) is 24.6 Å². The smallest absolute Gasteiger partial charge is 0.329 e. The van der Waals surface area contributed by atoms with E-state index in [9.17, 15) is 18.0 Å². The molecule has 0 unspecified atom stereocenters. The predicted octanol–water partition coefficient (Wildman–Crippen LogP) is 4.55. The maximum Gasteiger partial charge on any atom is 0.416 e. The van der Waals surface area contributed by atoms with Gasteiger partial charge in [0, 0.05) is 37.2 Å². The summed E-state index contributed by atoms with van der Waals surface area (Å²) in [6.45, 7) is 2.72. The summed E-state index contributed by atoms with van der Waals surface area (Å²) in [6, 6.07) is 9.34. The summed E-state index contributed by atoms with van der Waals surface area (Å²) < 4.78 is 42.2. The fourth-order valence-corrected chi connectivity index (χ4v) is 6.03. The molecule has 10 heteroatoms. The van der Waals surface area contributed by atoms with Crippen LogP contribution in [-0.4, -0.2) is 50.0 Å². The first-order valence-electron chi connectivity index (χ1n) is 11.4. The molecule has 3 aromatic rings. The molecule has 0 amide bonds. The van der Waals surface area contributed by atoms with Gasteiger partial charge in [0.2, 0.25) is 5.56 Å². The van der Waals surface area contributed by atoms with Crippen molar-refractivity contribution in [3.05, 3.63) is 64.1 Å². The van der Waals surface area contributed by atoms with Gasteiger partial charge in [-0.05, 0) is 61.4 Å². The van der Waals surface area contributed by atoms with Crippen LogP contribution in [0.25, 0.3) is 11.4 Å². The molecule has 5 rings (SSSR count). The van der Waals surface area contributed by atoms with Crippen LogP contribution >= 0.6 is 11.8 Å². The van der Waals surface area contributed by atoms with Gasteiger partial charge in [0.1, 0.15) is 0 Å². The minimum Gasteiger partial charge on any atom is -0.329 e. The summed E-state index contributed by atoms with van der Waals surface area (Å²) in [5.74, 6) is 1.52. The monoisotopic (exact) mass is 489 g/mol. The van der Waals surface area contributed by atoms with Crippen LogP contribution < -0.4 is 5.56 Å².